The molecule has 11 heteroatoms. The van der Waals surface area contributed by atoms with Gasteiger partial charge in [-0.05, 0) is 86.6 Å². The number of anilines is 1. The van der Waals surface area contributed by atoms with Gasteiger partial charge in [0.25, 0.3) is 15.9 Å². The van der Waals surface area contributed by atoms with Crippen molar-refractivity contribution in [3.05, 3.63) is 65.2 Å². The summed E-state index contributed by atoms with van der Waals surface area (Å²) in [4.78, 5) is 28.1. The molecule has 7 rings (SSSR count). The van der Waals surface area contributed by atoms with Crippen LogP contribution in [0, 0.1) is 25.2 Å². The second-order valence-corrected chi connectivity index (χ2v) is 16.2. The lowest BCUT2D eigenvalue weighted by Gasteiger charge is -2.51. The van der Waals surface area contributed by atoms with Gasteiger partial charge in [-0.1, -0.05) is 51.0 Å². The van der Waals surface area contributed by atoms with Gasteiger partial charge in [-0.25, -0.2) is 18.1 Å². The molecule has 1 spiro atoms. The highest BCUT2D eigenvalue weighted by molar-refractivity contribution is 7.92. The number of nitrogens with zero attached hydrogens (tertiary/aromatic N) is 4. The van der Waals surface area contributed by atoms with Crippen LogP contribution >= 0.6 is 12.4 Å². The van der Waals surface area contributed by atoms with E-state index in [-0.39, 0.29) is 47.2 Å². The highest BCUT2D eigenvalue weighted by Gasteiger charge is 2.49. The predicted molar refractivity (Wildman–Crippen MR) is 186 cm³/mol. The summed E-state index contributed by atoms with van der Waals surface area (Å²) in [6, 6.07) is 14.6. The molecule has 4 aliphatic rings. The Morgan fingerprint density at radius 1 is 0.979 bits per heavy atom. The van der Waals surface area contributed by atoms with Crippen LogP contribution in [0.4, 0.5) is 5.95 Å². The molecule has 6 bridgehead atoms. The molecule has 1 saturated heterocycles. The van der Waals surface area contributed by atoms with E-state index in [1.807, 2.05) is 36.9 Å². The van der Waals surface area contributed by atoms with Crippen molar-refractivity contribution >= 4 is 34.3 Å². The first-order chi connectivity index (χ1) is 22.0. The minimum absolute atomic E-state index is 0. The van der Waals surface area contributed by atoms with Crippen molar-refractivity contribution in [2.45, 2.75) is 95.7 Å². The predicted octanol–water partition coefficient (Wildman–Crippen LogP) is 6.64. The lowest BCUT2D eigenvalue weighted by molar-refractivity contribution is -0.00992. The summed E-state index contributed by atoms with van der Waals surface area (Å²) in [6.07, 6.45) is 8.22. The topological polar surface area (TPSA) is 105 Å². The van der Waals surface area contributed by atoms with Gasteiger partial charge in [0.05, 0.1) is 17.1 Å². The summed E-state index contributed by atoms with van der Waals surface area (Å²) in [5.74, 6) is 0.432. The molecule has 9 nitrogen and oxygen atoms in total. The van der Waals surface area contributed by atoms with E-state index in [1.165, 1.54) is 50.7 Å². The molecule has 2 aromatic carbocycles. The van der Waals surface area contributed by atoms with Crippen molar-refractivity contribution in [1.29, 1.82) is 0 Å². The maximum Gasteiger partial charge on any atom is 0.264 e. The fourth-order valence-corrected chi connectivity index (χ4v) is 9.41. The average Bonchev–Trinajstić information content (AvgIpc) is 3.41. The van der Waals surface area contributed by atoms with Gasteiger partial charge in [0, 0.05) is 42.4 Å². The van der Waals surface area contributed by atoms with E-state index in [4.69, 9.17) is 4.74 Å². The first kappa shape index (κ1) is 33.7. The molecule has 1 N–H and O–H groups in total. The monoisotopic (exact) mass is 679 g/mol. The third-order valence-corrected chi connectivity index (χ3v) is 11.9. The molecular weight excluding hydrogens is 634 g/mol. The second-order valence-electron chi connectivity index (χ2n) is 14.5. The van der Waals surface area contributed by atoms with Gasteiger partial charge < -0.3 is 9.64 Å². The second kappa shape index (κ2) is 13.0. The van der Waals surface area contributed by atoms with E-state index >= 15 is 0 Å². The first-order valence-electron chi connectivity index (χ1n) is 16.8. The summed E-state index contributed by atoms with van der Waals surface area (Å²) in [7, 11) is -4.10. The lowest BCUT2D eigenvalue weighted by atomic mass is 9.63. The number of carbonyl (C=O) groups is 1. The molecule has 47 heavy (non-hydrogen) atoms. The van der Waals surface area contributed by atoms with Crippen molar-refractivity contribution in [3.8, 4) is 17.1 Å². The fourth-order valence-electron chi connectivity index (χ4n) is 8.42. The number of ether oxygens (including phenoxy) is 1. The van der Waals surface area contributed by atoms with E-state index in [0.717, 1.165) is 29.7 Å². The van der Waals surface area contributed by atoms with Gasteiger partial charge >= 0.3 is 0 Å². The van der Waals surface area contributed by atoms with Crippen molar-refractivity contribution in [3.63, 3.8) is 0 Å². The molecule has 0 radical (unpaired) electrons. The largest absolute Gasteiger partial charge is 0.471 e. The molecule has 3 aromatic rings. The van der Waals surface area contributed by atoms with Gasteiger partial charge in [-0.3, -0.25) is 9.69 Å². The number of rotatable bonds is 4. The van der Waals surface area contributed by atoms with Gasteiger partial charge in [0.15, 0.2) is 0 Å². The van der Waals surface area contributed by atoms with E-state index < -0.39 is 10.0 Å². The number of benzene rings is 2. The van der Waals surface area contributed by atoms with E-state index in [9.17, 15) is 13.2 Å². The molecule has 3 fully saturated rings. The zero-order valence-corrected chi connectivity index (χ0v) is 29.4. The number of hydrogen-bond acceptors (Lipinski definition) is 7. The van der Waals surface area contributed by atoms with Crippen LogP contribution in [-0.4, -0.2) is 71.9 Å². The minimum Gasteiger partial charge on any atom is -0.471 e. The van der Waals surface area contributed by atoms with Crippen LogP contribution in [0.2, 0.25) is 0 Å². The summed E-state index contributed by atoms with van der Waals surface area (Å²) < 4.78 is 36.6. The maximum atomic E-state index is 14.4. The van der Waals surface area contributed by atoms with Crippen LogP contribution in [0.15, 0.2) is 53.4 Å². The third kappa shape index (κ3) is 6.74. The number of aromatic nitrogens is 2. The number of carbonyl (C=O) groups excluding carboxylic acids is 1. The number of sulfonamides is 1. The highest BCUT2D eigenvalue weighted by atomic mass is 35.5. The Labute approximate surface area is 285 Å². The molecule has 252 valence electrons. The Morgan fingerprint density at radius 3 is 2.38 bits per heavy atom. The standard InChI is InChI=1S/C36H45N5O4S.ClH/c1-23(2)15-27-20-40(28-18-36(19-28)13-5-6-14-36)21-29-22-41(27)34(42)26-11-8-12-30(16-26)46(43,44)39-35-37-31(17-32(38-35)45-29)33-24(3)9-7-10-25(33)4;/h7-12,16-17,23,27-29H,5-6,13-15,18-22H2,1-4H3,(H,37,38,39);1H/t27-,29+;/m0./s1. The highest BCUT2D eigenvalue weighted by Crippen LogP contribution is 2.55. The molecule has 1 amide bonds. The van der Waals surface area contributed by atoms with E-state index in [2.05, 4.69) is 33.4 Å². The summed E-state index contributed by atoms with van der Waals surface area (Å²) in [5.41, 5.74) is 4.37. The van der Waals surface area contributed by atoms with Gasteiger partial charge in [0.1, 0.15) is 6.10 Å². The van der Waals surface area contributed by atoms with Crippen molar-refractivity contribution in [2.75, 3.05) is 24.4 Å². The van der Waals surface area contributed by atoms with Crippen LogP contribution in [0.5, 0.6) is 5.88 Å². The zero-order valence-electron chi connectivity index (χ0n) is 27.7. The molecule has 2 saturated carbocycles. The summed E-state index contributed by atoms with van der Waals surface area (Å²) >= 11 is 0. The Hall–Kier alpha value is -3.21. The molecular formula is C36H46ClN5O4S. The third-order valence-electron chi connectivity index (χ3n) is 10.6. The summed E-state index contributed by atoms with van der Waals surface area (Å²) in [5, 5.41) is 0. The quantitative estimate of drug-likeness (QED) is 0.330. The van der Waals surface area contributed by atoms with Crippen molar-refractivity contribution in [1.82, 2.24) is 19.8 Å². The minimum atomic E-state index is -4.10. The molecule has 2 aliphatic heterocycles. The molecule has 2 atom stereocenters. The van der Waals surface area contributed by atoms with Crippen molar-refractivity contribution in [2.24, 2.45) is 11.3 Å². The fraction of sp³-hybridized carbons (Fsp3) is 0.528. The van der Waals surface area contributed by atoms with Crippen LogP contribution in [0.25, 0.3) is 11.3 Å². The molecule has 3 heterocycles. The normalized spacial score (nSPS) is 23.8. The lowest BCUT2D eigenvalue weighted by Crippen LogP contribution is -2.54. The number of aryl methyl sites for hydroxylation is 2. The van der Waals surface area contributed by atoms with Gasteiger partial charge in [-0.15, -0.1) is 12.4 Å². The van der Waals surface area contributed by atoms with E-state index in [0.29, 0.717) is 41.7 Å². The molecule has 1 aromatic heterocycles. The average molecular weight is 680 g/mol. The number of hydrogen-bond donors (Lipinski definition) is 1. The van der Waals surface area contributed by atoms with Crippen LogP contribution < -0.4 is 9.46 Å². The number of fused-ring (bicyclic) bond motifs is 6. The molecule has 2 aliphatic carbocycles. The zero-order chi connectivity index (χ0) is 32.2. The Morgan fingerprint density at radius 2 is 1.68 bits per heavy atom. The number of amides is 1. The Balaban J connectivity index is 0.00000386. The van der Waals surface area contributed by atoms with Crippen LogP contribution in [-0.2, 0) is 10.0 Å². The van der Waals surface area contributed by atoms with Crippen molar-refractivity contribution < 1.29 is 17.9 Å². The Bertz CT molecular complexity index is 1730. The Kier molecular flexibility index (Phi) is 9.32. The first-order valence-corrected chi connectivity index (χ1v) is 18.3. The number of nitrogens with one attached hydrogen (secondary N) is 1. The number of halogens is 1. The summed E-state index contributed by atoms with van der Waals surface area (Å²) in [6.45, 7) is 10.2. The van der Waals surface area contributed by atoms with Crippen LogP contribution in [0.1, 0.15) is 80.3 Å². The molecule has 0 unspecified atom stereocenters. The SMILES string of the molecule is Cc1cccc(C)c1-c1cc2nc(n1)NS(=O)(=O)c1cccc(c1)C(=O)N1C[C@@H](CN(C3CC4(CCCC4)C3)C[C@@H]1CC(C)C)O2.Cl. The van der Waals surface area contributed by atoms with Crippen LogP contribution in [0.3, 0.4) is 0 Å². The van der Waals surface area contributed by atoms with E-state index in [1.54, 1.807) is 18.2 Å². The van der Waals surface area contributed by atoms with Gasteiger partial charge in [-0.2, -0.15) is 4.98 Å². The maximum absolute atomic E-state index is 14.4. The smallest absolute Gasteiger partial charge is 0.264 e. The van der Waals surface area contributed by atoms with Gasteiger partial charge in [0.2, 0.25) is 11.8 Å².